The van der Waals surface area contributed by atoms with Gasteiger partial charge in [-0.3, -0.25) is 14.5 Å². The van der Waals surface area contributed by atoms with Crippen LogP contribution in [0.2, 0.25) is 10.0 Å². The van der Waals surface area contributed by atoms with Gasteiger partial charge in [-0.25, -0.2) is 4.79 Å². The number of nitrogens with zero attached hydrogens (tertiary/aromatic N) is 1. The number of hydrogen-bond donors (Lipinski definition) is 2. The highest BCUT2D eigenvalue weighted by Crippen LogP contribution is 2.33. The van der Waals surface area contributed by atoms with Gasteiger partial charge >= 0.3 is 6.03 Å². The molecule has 2 fully saturated rings. The van der Waals surface area contributed by atoms with Crippen LogP contribution >= 0.6 is 23.2 Å². The lowest BCUT2D eigenvalue weighted by Gasteiger charge is -2.30. The van der Waals surface area contributed by atoms with Crippen molar-refractivity contribution in [2.75, 3.05) is 13.1 Å². The predicted molar refractivity (Wildman–Crippen MR) is 104 cm³/mol. The van der Waals surface area contributed by atoms with E-state index in [-0.39, 0.29) is 30.8 Å². The van der Waals surface area contributed by atoms with Gasteiger partial charge in [0.1, 0.15) is 5.54 Å². The van der Waals surface area contributed by atoms with Gasteiger partial charge in [-0.15, -0.1) is 0 Å². The molecule has 1 aromatic carbocycles. The van der Waals surface area contributed by atoms with Crippen molar-refractivity contribution in [3.05, 3.63) is 33.8 Å². The molecule has 0 aromatic heterocycles. The topological polar surface area (TPSA) is 78.5 Å². The van der Waals surface area contributed by atoms with Crippen LogP contribution in [0.4, 0.5) is 4.79 Å². The van der Waals surface area contributed by atoms with Gasteiger partial charge in [-0.1, -0.05) is 54.6 Å². The third-order valence-electron chi connectivity index (χ3n) is 5.26. The van der Waals surface area contributed by atoms with Crippen LogP contribution in [0.15, 0.2) is 18.2 Å². The Bertz CT molecular complexity index is 748. The molecule has 0 radical (unpaired) electrons. The average Bonchev–Trinajstić information content (AvgIpc) is 2.87. The second-order valence-electron chi connectivity index (χ2n) is 7.09. The quantitative estimate of drug-likeness (QED) is 0.704. The van der Waals surface area contributed by atoms with E-state index in [2.05, 4.69) is 10.6 Å². The van der Waals surface area contributed by atoms with Gasteiger partial charge in [0, 0.05) is 19.5 Å². The van der Waals surface area contributed by atoms with E-state index in [9.17, 15) is 14.4 Å². The normalized spacial score (nSPS) is 18.7. The van der Waals surface area contributed by atoms with Gasteiger partial charge < -0.3 is 10.6 Å². The lowest BCUT2D eigenvalue weighted by Crippen LogP contribution is -2.48. The fourth-order valence-corrected chi connectivity index (χ4v) is 4.17. The molecule has 1 aromatic rings. The Kier molecular flexibility index (Phi) is 6.27. The van der Waals surface area contributed by atoms with Crippen LogP contribution in [0.1, 0.15) is 44.1 Å². The number of amides is 4. The number of hydrogen-bond acceptors (Lipinski definition) is 3. The summed E-state index contributed by atoms with van der Waals surface area (Å²) in [6.45, 7) is 0.499. The fourth-order valence-electron chi connectivity index (χ4n) is 3.75. The molecule has 27 heavy (non-hydrogen) atoms. The molecular formula is C19H23Cl2N3O3. The minimum absolute atomic E-state index is 0.0819. The summed E-state index contributed by atoms with van der Waals surface area (Å²) in [5, 5.41) is 6.61. The molecular weight excluding hydrogens is 389 g/mol. The number of carbonyl (C=O) groups excluding carboxylic acids is 3. The summed E-state index contributed by atoms with van der Waals surface area (Å²) in [5.41, 5.74) is 0.118. The summed E-state index contributed by atoms with van der Waals surface area (Å²) in [5.74, 6) is -0.399. The molecule has 0 atom stereocenters. The zero-order valence-corrected chi connectivity index (χ0v) is 16.5. The summed E-state index contributed by atoms with van der Waals surface area (Å²) in [7, 11) is 0. The minimum atomic E-state index is -0.741. The lowest BCUT2D eigenvalue weighted by atomic mass is 9.82. The van der Waals surface area contributed by atoms with Gasteiger partial charge in [0.2, 0.25) is 5.91 Å². The van der Waals surface area contributed by atoms with Crippen molar-refractivity contribution in [2.45, 2.75) is 50.5 Å². The first-order valence-corrected chi connectivity index (χ1v) is 10.0. The van der Waals surface area contributed by atoms with E-state index in [0.29, 0.717) is 35.9 Å². The third-order valence-corrected chi connectivity index (χ3v) is 6.12. The minimum Gasteiger partial charge on any atom is -0.356 e. The first-order chi connectivity index (χ1) is 12.9. The smallest absolute Gasteiger partial charge is 0.325 e. The lowest BCUT2D eigenvalue weighted by molar-refractivity contribution is -0.132. The van der Waals surface area contributed by atoms with Gasteiger partial charge in [0.15, 0.2) is 0 Å². The predicted octanol–water partition coefficient (Wildman–Crippen LogP) is 3.30. The van der Waals surface area contributed by atoms with Crippen LogP contribution in [-0.2, 0) is 16.0 Å². The molecule has 1 saturated carbocycles. The summed E-state index contributed by atoms with van der Waals surface area (Å²) >= 11 is 12.1. The summed E-state index contributed by atoms with van der Waals surface area (Å²) in [6, 6.07) is 4.99. The van der Waals surface area contributed by atoms with Crippen LogP contribution in [-0.4, -0.2) is 41.4 Å². The molecule has 0 bridgehead atoms. The molecule has 8 heteroatoms. The molecule has 1 aliphatic heterocycles. The maximum Gasteiger partial charge on any atom is 0.325 e. The molecule has 1 aliphatic carbocycles. The fraction of sp³-hybridized carbons (Fsp3) is 0.526. The van der Waals surface area contributed by atoms with E-state index in [1.54, 1.807) is 6.07 Å². The number of urea groups is 1. The van der Waals surface area contributed by atoms with E-state index >= 15 is 0 Å². The Hall–Kier alpha value is -1.79. The Morgan fingerprint density at radius 1 is 1.19 bits per heavy atom. The number of imide groups is 1. The number of rotatable bonds is 6. The van der Waals surface area contributed by atoms with Crippen molar-refractivity contribution in [2.24, 2.45) is 0 Å². The van der Waals surface area contributed by atoms with E-state index in [4.69, 9.17) is 23.2 Å². The van der Waals surface area contributed by atoms with Gasteiger partial charge in [-0.05, 0) is 30.9 Å². The summed E-state index contributed by atoms with van der Waals surface area (Å²) in [4.78, 5) is 38.1. The molecule has 6 nitrogen and oxygen atoms in total. The molecule has 1 saturated heterocycles. The van der Waals surface area contributed by atoms with Crippen LogP contribution in [0.3, 0.4) is 0 Å². The SMILES string of the molecule is O=C(CCN1C(=O)NC2(CCCCC2)C1=O)NCCc1cccc(Cl)c1Cl. The molecule has 3 rings (SSSR count). The zero-order chi connectivity index (χ0) is 19.4. The highest BCUT2D eigenvalue weighted by Gasteiger charge is 2.50. The highest BCUT2D eigenvalue weighted by molar-refractivity contribution is 6.42. The number of nitrogens with one attached hydrogen (secondary N) is 2. The first-order valence-electron chi connectivity index (χ1n) is 9.27. The summed E-state index contributed by atoms with van der Waals surface area (Å²) in [6.07, 6.45) is 4.96. The van der Waals surface area contributed by atoms with Crippen molar-refractivity contribution >= 4 is 41.0 Å². The summed E-state index contributed by atoms with van der Waals surface area (Å²) < 4.78 is 0. The highest BCUT2D eigenvalue weighted by atomic mass is 35.5. The van der Waals surface area contributed by atoms with Crippen LogP contribution in [0.25, 0.3) is 0 Å². The van der Waals surface area contributed by atoms with Crippen molar-refractivity contribution < 1.29 is 14.4 Å². The van der Waals surface area contributed by atoms with Gasteiger partial charge in [-0.2, -0.15) is 0 Å². The first kappa shape index (κ1) is 20.0. The molecule has 0 unspecified atom stereocenters. The monoisotopic (exact) mass is 411 g/mol. The van der Waals surface area contributed by atoms with Crippen molar-refractivity contribution in [3.63, 3.8) is 0 Å². The van der Waals surface area contributed by atoms with E-state index in [1.807, 2.05) is 12.1 Å². The standard InChI is InChI=1S/C19H23Cl2N3O3/c20-14-6-4-5-13(16(14)21)7-11-22-15(25)8-12-24-17(26)19(23-18(24)27)9-2-1-3-10-19/h4-6H,1-3,7-12H2,(H,22,25)(H,23,27). The van der Waals surface area contributed by atoms with E-state index < -0.39 is 5.54 Å². The van der Waals surface area contributed by atoms with Gasteiger partial charge in [0.05, 0.1) is 10.0 Å². The van der Waals surface area contributed by atoms with Crippen LogP contribution in [0, 0.1) is 0 Å². The average molecular weight is 412 g/mol. The van der Waals surface area contributed by atoms with Crippen molar-refractivity contribution in [1.29, 1.82) is 0 Å². The van der Waals surface area contributed by atoms with Crippen molar-refractivity contribution in [1.82, 2.24) is 15.5 Å². The van der Waals surface area contributed by atoms with E-state index in [0.717, 1.165) is 24.8 Å². The molecule has 1 spiro atoms. The van der Waals surface area contributed by atoms with Crippen LogP contribution in [0.5, 0.6) is 0 Å². The molecule has 2 N–H and O–H groups in total. The number of halogens is 2. The molecule has 146 valence electrons. The molecule has 4 amide bonds. The zero-order valence-electron chi connectivity index (χ0n) is 15.0. The van der Waals surface area contributed by atoms with Crippen LogP contribution < -0.4 is 10.6 Å². The largest absolute Gasteiger partial charge is 0.356 e. The second kappa shape index (κ2) is 8.48. The maximum absolute atomic E-state index is 12.7. The maximum atomic E-state index is 12.7. The Balaban J connectivity index is 1.46. The number of carbonyl (C=O) groups is 3. The van der Waals surface area contributed by atoms with Crippen molar-refractivity contribution in [3.8, 4) is 0 Å². The number of benzene rings is 1. The Labute approximate surface area is 168 Å². The third kappa shape index (κ3) is 4.38. The van der Waals surface area contributed by atoms with Gasteiger partial charge in [0.25, 0.3) is 5.91 Å². The Morgan fingerprint density at radius 3 is 2.67 bits per heavy atom. The molecule has 2 aliphatic rings. The molecule has 1 heterocycles. The van der Waals surface area contributed by atoms with E-state index in [1.165, 1.54) is 4.90 Å². The Morgan fingerprint density at radius 2 is 1.93 bits per heavy atom. The second-order valence-corrected chi connectivity index (χ2v) is 7.88.